The van der Waals surface area contributed by atoms with Crippen LogP contribution in [0.3, 0.4) is 0 Å². The summed E-state index contributed by atoms with van der Waals surface area (Å²) >= 11 is 6.07. The molecule has 8 nitrogen and oxygen atoms in total. The molecule has 0 N–H and O–H groups in total. The van der Waals surface area contributed by atoms with Crippen molar-refractivity contribution in [1.29, 1.82) is 0 Å². The van der Waals surface area contributed by atoms with Gasteiger partial charge in [0, 0.05) is 55.4 Å². The third-order valence-electron chi connectivity index (χ3n) is 4.63. The summed E-state index contributed by atoms with van der Waals surface area (Å²) in [7, 11) is -2.18. The number of benzene rings is 2. The summed E-state index contributed by atoms with van der Waals surface area (Å²) in [5.74, 6) is 0.732. The van der Waals surface area contributed by atoms with E-state index in [1.165, 1.54) is 22.5 Å². The minimum atomic E-state index is -3.78. The number of methoxy groups -OCH3 is 1. The van der Waals surface area contributed by atoms with Crippen LogP contribution in [0.25, 0.3) is 0 Å². The van der Waals surface area contributed by atoms with Crippen molar-refractivity contribution >= 4 is 27.3 Å². The van der Waals surface area contributed by atoms with E-state index in [4.69, 9.17) is 16.3 Å². The van der Waals surface area contributed by atoms with Crippen LogP contribution in [0.5, 0.6) is 5.75 Å². The van der Waals surface area contributed by atoms with Gasteiger partial charge in [-0.2, -0.15) is 4.31 Å². The average Bonchev–Trinajstić information content (AvgIpc) is 2.69. The predicted octanol–water partition coefficient (Wildman–Crippen LogP) is 2.76. The Morgan fingerprint density at radius 3 is 2.50 bits per heavy atom. The normalized spacial score (nSPS) is 16.1. The quantitative estimate of drug-likeness (QED) is 0.522. The Labute approximate surface area is 168 Å². The van der Waals surface area contributed by atoms with Crippen molar-refractivity contribution < 1.29 is 18.1 Å². The number of hydrogen-bond acceptors (Lipinski definition) is 6. The van der Waals surface area contributed by atoms with E-state index in [-0.39, 0.29) is 10.6 Å². The Morgan fingerprint density at radius 1 is 1.14 bits per heavy atom. The van der Waals surface area contributed by atoms with Crippen LogP contribution in [-0.2, 0) is 16.6 Å². The molecule has 10 heteroatoms. The molecule has 0 amide bonds. The number of nitro groups is 1. The van der Waals surface area contributed by atoms with Crippen LogP contribution in [0.4, 0.5) is 5.69 Å². The highest BCUT2D eigenvalue weighted by Crippen LogP contribution is 2.26. The molecule has 0 bridgehead atoms. The zero-order valence-corrected chi connectivity index (χ0v) is 16.8. The fraction of sp³-hybridized carbons (Fsp3) is 0.333. The summed E-state index contributed by atoms with van der Waals surface area (Å²) in [5.41, 5.74) is 0.692. The Kier molecular flexibility index (Phi) is 6.19. The lowest BCUT2D eigenvalue weighted by Gasteiger charge is -2.34. The van der Waals surface area contributed by atoms with Crippen LogP contribution in [0.2, 0.25) is 5.02 Å². The van der Waals surface area contributed by atoms with Gasteiger partial charge in [-0.1, -0.05) is 17.7 Å². The molecule has 1 fully saturated rings. The summed E-state index contributed by atoms with van der Waals surface area (Å²) in [4.78, 5) is 12.4. The van der Waals surface area contributed by atoms with Crippen molar-refractivity contribution in [2.45, 2.75) is 11.4 Å². The highest BCUT2D eigenvalue weighted by Gasteiger charge is 2.29. The number of nitro benzene ring substituents is 1. The molecule has 0 atom stereocenters. The smallest absolute Gasteiger partial charge is 0.270 e. The van der Waals surface area contributed by atoms with Gasteiger partial charge in [0.05, 0.1) is 16.9 Å². The van der Waals surface area contributed by atoms with Gasteiger partial charge in [0.1, 0.15) is 5.75 Å². The molecule has 3 rings (SSSR count). The molecule has 1 aliphatic rings. The second-order valence-corrected chi connectivity index (χ2v) is 8.77. The van der Waals surface area contributed by atoms with Crippen molar-refractivity contribution in [1.82, 2.24) is 9.21 Å². The molecule has 0 aliphatic carbocycles. The molecule has 1 heterocycles. The standard InChI is InChI=1S/C18H20ClN3O5S/c1-27-18-6-5-15(19)11-14(18)13-20-7-9-21(10-8-20)28(25,26)17-4-2-3-16(12-17)22(23)24/h2-6,11-12H,7-10,13H2,1H3. The Bertz CT molecular complexity index is 975. The Morgan fingerprint density at radius 2 is 1.86 bits per heavy atom. The van der Waals surface area contributed by atoms with Gasteiger partial charge in [0.25, 0.3) is 5.69 Å². The maximum absolute atomic E-state index is 12.8. The van der Waals surface area contributed by atoms with Crippen molar-refractivity contribution in [3.8, 4) is 5.75 Å². The Balaban J connectivity index is 1.69. The lowest BCUT2D eigenvalue weighted by Crippen LogP contribution is -2.48. The van der Waals surface area contributed by atoms with Gasteiger partial charge in [-0.15, -0.1) is 0 Å². The van der Waals surface area contributed by atoms with Crippen molar-refractivity contribution in [2.75, 3.05) is 33.3 Å². The fourth-order valence-electron chi connectivity index (χ4n) is 3.15. The van der Waals surface area contributed by atoms with E-state index in [0.29, 0.717) is 37.7 Å². The maximum atomic E-state index is 12.8. The zero-order valence-electron chi connectivity index (χ0n) is 15.2. The van der Waals surface area contributed by atoms with Gasteiger partial charge in [-0.3, -0.25) is 15.0 Å². The van der Waals surface area contributed by atoms with Crippen molar-refractivity contribution in [3.63, 3.8) is 0 Å². The molecular formula is C18H20ClN3O5S. The molecule has 0 spiro atoms. The van der Waals surface area contributed by atoms with Crippen LogP contribution in [0.15, 0.2) is 47.4 Å². The number of piperazine rings is 1. The summed E-state index contributed by atoms with van der Waals surface area (Å²) in [5, 5.41) is 11.5. The molecule has 150 valence electrons. The molecule has 0 saturated carbocycles. The molecule has 0 aromatic heterocycles. The second-order valence-electron chi connectivity index (χ2n) is 6.39. The fourth-order valence-corrected chi connectivity index (χ4v) is 4.80. The Hall–Kier alpha value is -2.20. The molecule has 0 radical (unpaired) electrons. The first-order valence-corrected chi connectivity index (χ1v) is 10.4. The molecule has 28 heavy (non-hydrogen) atoms. The lowest BCUT2D eigenvalue weighted by atomic mass is 10.1. The number of sulfonamides is 1. The third-order valence-corrected chi connectivity index (χ3v) is 6.76. The van der Waals surface area contributed by atoms with Crippen LogP contribution in [-0.4, -0.2) is 55.8 Å². The van der Waals surface area contributed by atoms with E-state index in [0.717, 1.165) is 17.4 Å². The minimum absolute atomic E-state index is 0.0633. The van der Waals surface area contributed by atoms with E-state index in [9.17, 15) is 18.5 Å². The van der Waals surface area contributed by atoms with E-state index < -0.39 is 14.9 Å². The molecule has 1 aliphatic heterocycles. The van der Waals surface area contributed by atoms with Crippen LogP contribution >= 0.6 is 11.6 Å². The first kappa shape index (κ1) is 20.5. The van der Waals surface area contributed by atoms with Gasteiger partial charge in [0.2, 0.25) is 10.0 Å². The summed E-state index contributed by atoms with van der Waals surface area (Å²) in [6.45, 7) is 2.25. The number of hydrogen-bond donors (Lipinski definition) is 0. The molecular weight excluding hydrogens is 406 g/mol. The lowest BCUT2D eigenvalue weighted by molar-refractivity contribution is -0.385. The van der Waals surface area contributed by atoms with E-state index in [1.54, 1.807) is 19.2 Å². The van der Waals surface area contributed by atoms with Crippen LogP contribution < -0.4 is 4.74 Å². The molecule has 2 aromatic carbocycles. The third kappa shape index (κ3) is 4.44. The molecule has 1 saturated heterocycles. The first-order chi connectivity index (χ1) is 13.3. The highest BCUT2D eigenvalue weighted by atomic mass is 35.5. The monoisotopic (exact) mass is 425 g/mol. The SMILES string of the molecule is COc1ccc(Cl)cc1CN1CCN(S(=O)(=O)c2cccc([N+](=O)[O-])c2)CC1. The van der Waals surface area contributed by atoms with Crippen molar-refractivity contribution in [3.05, 3.63) is 63.2 Å². The topological polar surface area (TPSA) is 93.0 Å². The van der Waals surface area contributed by atoms with E-state index >= 15 is 0 Å². The maximum Gasteiger partial charge on any atom is 0.270 e. The summed E-state index contributed by atoms with van der Waals surface area (Å²) in [6.07, 6.45) is 0. The van der Waals surface area contributed by atoms with Gasteiger partial charge in [-0.25, -0.2) is 8.42 Å². The van der Waals surface area contributed by atoms with Crippen LogP contribution in [0.1, 0.15) is 5.56 Å². The number of non-ortho nitro benzene ring substituents is 1. The zero-order chi connectivity index (χ0) is 20.3. The number of halogens is 1. The predicted molar refractivity (Wildman–Crippen MR) is 105 cm³/mol. The summed E-state index contributed by atoms with van der Waals surface area (Å²) in [6, 6.07) is 10.5. The second kappa shape index (κ2) is 8.44. The average molecular weight is 426 g/mol. The molecule has 0 unspecified atom stereocenters. The first-order valence-electron chi connectivity index (χ1n) is 8.60. The summed E-state index contributed by atoms with van der Waals surface area (Å²) < 4.78 is 32.4. The van der Waals surface area contributed by atoms with Crippen molar-refractivity contribution in [2.24, 2.45) is 0 Å². The minimum Gasteiger partial charge on any atom is -0.496 e. The van der Waals surface area contributed by atoms with Gasteiger partial charge in [0.15, 0.2) is 0 Å². The van der Waals surface area contributed by atoms with E-state index in [1.807, 2.05) is 6.07 Å². The highest BCUT2D eigenvalue weighted by molar-refractivity contribution is 7.89. The number of ether oxygens (including phenoxy) is 1. The largest absolute Gasteiger partial charge is 0.496 e. The van der Waals surface area contributed by atoms with Gasteiger partial charge >= 0.3 is 0 Å². The number of nitrogens with zero attached hydrogens (tertiary/aromatic N) is 3. The van der Waals surface area contributed by atoms with Gasteiger partial charge < -0.3 is 4.74 Å². The van der Waals surface area contributed by atoms with E-state index in [2.05, 4.69) is 4.90 Å². The van der Waals surface area contributed by atoms with Gasteiger partial charge in [-0.05, 0) is 24.3 Å². The van der Waals surface area contributed by atoms with Crippen LogP contribution in [0, 0.1) is 10.1 Å². The molecule has 2 aromatic rings. The number of rotatable bonds is 6.